The lowest BCUT2D eigenvalue weighted by Gasteiger charge is -2.20. The number of amides is 1. The lowest BCUT2D eigenvalue weighted by atomic mass is 10.0. The third kappa shape index (κ3) is 44.2. The van der Waals surface area contributed by atoms with Crippen molar-refractivity contribution in [3.63, 3.8) is 0 Å². The highest BCUT2D eigenvalue weighted by Gasteiger charge is 2.18. The summed E-state index contributed by atoms with van der Waals surface area (Å²) in [7, 11) is 0. The fourth-order valence-electron chi connectivity index (χ4n) is 8.05. The minimum absolute atomic E-state index is 0.0129. The molecule has 6 heteroatoms. The van der Waals surface area contributed by atoms with E-state index < -0.39 is 12.1 Å². The quantitative estimate of drug-likeness (QED) is 0.0323. The summed E-state index contributed by atoms with van der Waals surface area (Å²) in [6.45, 7) is 4.87. The molecule has 0 aliphatic rings. The van der Waals surface area contributed by atoms with Crippen LogP contribution in [-0.4, -0.2) is 47.4 Å². The molecule has 2 unspecified atom stereocenters. The summed E-state index contributed by atoms with van der Waals surface area (Å²) in [5.41, 5.74) is 0. The van der Waals surface area contributed by atoms with Crippen LogP contribution < -0.4 is 5.32 Å². The molecule has 0 heterocycles. The van der Waals surface area contributed by atoms with Gasteiger partial charge in [-0.15, -0.1) is 0 Å². The molecule has 0 aromatic heterocycles. The Morgan fingerprint density at radius 1 is 0.466 bits per heavy atom. The van der Waals surface area contributed by atoms with Gasteiger partial charge in [0.15, 0.2) is 0 Å². The summed E-state index contributed by atoms with van der Waals surface area (Å²) < 4.78 is 5.46. The van der Waals surface area contributed by atoms with E-state index in [0.717, 1.165) is 57.8 Å². The highest BCUT2D eigenvalue weighted by molar-refractivity contribution is 5.76. The van der Waals surface area contributed by atoms with E-state index in [4.69, 9.17) is 4.74 Å². The maximum atomic E-state index is 12.4. The van der Waals surface area contributed by atoms with Gasteiger partial charge in [0.2, 0.25) is 5.91 Å². The van der Waals surface area contributed by atoms with Crippen molar-refractivity contribution in [2.45, 2.75) is 296 Å². The van der Waals surface area contributed by atoms with Crippen molar-refractivity contribution in [2.24, 2.45) is 0 Å². The van der Waals surface area contributed by atoms with Gasteiger partial charge in [-0.05, 0) is 32.1 Å². The minimum Gasteiger partial charge on any atom is -0.466 e. The Labute approximate surface area is 361 Å². The molecular formula is C52H101NO5. The standard InChI is InChI=1S/C52H101NO5/c1-3-5-7-9-11-13-15-17-19-20-21-24-28-32-36-40-44-50(55)49(48-54)53-51(56)45-41-37-33-29-25-23-27-31-35-39-43-47-58-52(57)46-42-38-34-30-26-22-18-16-14-12-10-8-6-4-2/h40,44,49-50,54-55H,3-39,41-43,45-48H2,1-2H3,(H,53,56)/b44-40+. The van der Waals surface area contributed by atoms with Crippen molar-refractivity contribution in [2.75, 3.05) is 13.2 Å². The van der Waals surface area contributed by atoms with E-state index in [1.54, 1.807) is 6.08 Å². The van der Waals surface area contributed by atoms with Crippen LogP contribution in [-0.2, 0) is 14.3 Å². The molecule has 2 atom stereocenters. The summed E-state index contributed by atoms with van der Waals surface area (Å²) in [5, 5.41) is 23.1. The molecule has 0 radical (unpaired) electrons. The van der Waals surface area contributed by atoms with Gasteiger partial charge < -0.3 is 20.3 Å². The Kier molecular flexibility index (Phi) is 47.1. The molecule has 0 rings (SSSR count). The number of hydrogen-bond donors (Lipinski definition) is 3. The Balaban J connectivity index is 3.49. The van der Waals surface area contributed by atoms with Crippen LogP contribution in [0, 0.1) is 0 Å². The van der Waals surface area contributed by atoms with E-state index in [1.165, 1.54) is 199 Å². The number of ether oxygens (including phenoxy) is 1. The first-order chi connectivity index (χ1) is 28.5. The Bertz CT molecular complexity index is 863. The number of unbranched alkanes of at least 4 members (excludes halogenated alkanes) is 37. The van der Waals surface area contributed by atoms with Crippen LogP contribution in [0.15, 0.2) is 12.2 Å². The summed E-state index contributed by atoms with van der Waals surface area (Å²) >= 11 is 0. The lowest BCUT2D eigenvalue weighted by Crippen LogP contribution is -2.45. The third-order valence-corrected chi connectivity index (χ3v) is 12.1. The minimum atomic E-state index is -0.855. The smallest absolute Gasteiger partial charge is 0.305 e. The molecular weight excluding hydrogens is 719 g/mol. The number of allylic oxidation sites excluding steroid dienone is 1. The Hall–Kier alpha value is -1.40. The zero-order valence-corrected chi connectivity index (χ0v) is 39.0. The number of esters is 1. The highest BCUT2D eigenvalue weighted by Crippen LogP contribution is 2.16. The van der Waals surface area contributed by atoms with Crippen LogP contribution in [0.1, 0.15) is 284 Å². The SMILES string of the molecule is CCCCCCCCCCCCCCCC/C=C/C(O)C(CO)NC(=O)CCCCCCCCCCCCCOC(=O)CCCCCCCCCCCCCCCC. The summed E-state index contributed by atoms with van der Waals surface area (Å²) in [6, 6.07) is -0.640. The number of rotatable bonds is 48. The fourth-order valence-corrected chi connectivity index (χ4v) is 8.05. The maximum absolute atomic E-state index is 12.4. The van der Waals surface area contributed by atoms with Crippen molar-refractivity contribution in [3.8, 4) is 0 Å². The zero-order valence-electron chi connectivity index (χ0n) is 39.0. The number of carbonyl (C=O) groups excluding carboxylic acids is 2. The number of aliphatic hydroxyl groups excluding tert-OH is 2. The molecule has 0 fully saturated rings. The second-order valence-electron chi connectivity index (χ2n) is 17.9. The van der Waals surface area contributed by atoms with Gasteiger partial charge in [-0.1, -0.05) is 251 Å². The maximum Gasteiger partial charge on any atom is 0.305 e. The van der Waals surface area contributed by atoms with Crippen LogP contribution in [0.3, 0.4) is 0 Å². The van der Waals surface area contributed by atoms with Crippen molar-refractivity contribution in [1.82, 2.24) is 5.32 Å². The molecule has 58 heavy (non-hydrogen) atoms. The predicted molar refractivity (Wildman–Crippen MR) is 250 cm³/mol. The highest BCUT2D eigenvalue weighted by atomic mass is 16.5. The molecule has 0 saturated carbocycles. The Morgan fingerprint density at radius 2 is 0.793 bits per heavy atom. The van der Waals surface area contributed by atoms with Gasteiger partial charge in [0, 0.05) is 12.8 Å². The first-order valence-corrected chi connectivity index (χ1v) is 26.0. The number of hydrogen-bond acceptors (Lipinski definition) is 5. The average Bonchev–Trinajstić information content (AvgIpc) is 3.22. The molecule has 0 aromatic carbocycles. The van der Waals surface area contributed by atoms with Crippen LogP contribution in [0.25, 0.3) is 0 Å². The Morgan fingerprint density at radius 3 is 1.17 bits per heavy atom. The average molecular weight is 820 g/mol. The molecule has 0 spiro atoms. The van der Waals surface area contributed by atoms with Gasteiger partial charge >= 0.3 is 5.97 Å². The first kappa shape index (κ1) is 56.6. The molecule has 6 nitrogen and oxygen atoms in total. The third-order valence-electron chi connectivity index (χ3n) is 12.1. The fraction of sp³-hybridized carbons (Fsp3) is 0.923. The van der Waals surface area contributed by atoms with Crippen LogP contribution in [0.5, 0.6) is 0 Å². The second-order valence-corrected chi connectivity index (χ2v) is 17.9. The molecule has 3 N–H and O–H groups in total. The van der Waals surface area contributed by atoms with Gasteiger partial charge in [0.05, 0.1) is 25.4 Å². The van der Waals surface area contributed by atoms with Crippen molar-refractivity contribution < 1.29 is 24.5 Å². The van der Waals surface area contributed by atoms with E-state index in [1.807, 2.05) is 6.08 Å². The summed E-state index contributed by atoms with van der Waals surface area (Å²) in [5.74, 6) is -0.0979. The van der Waals surface area contributed by atoms with Gasteiger partial charge in [0.1, 0.15) is 0 Å². The zero-order chi connectivity index (χ0) is 42.3. The van der Waals surface area contributed by atoms with E-state index in [-0.39, 0.29) is 18.5 Å². The number of aliphatic hydroxyl groups is 2. The summed E-state index contributed by atoms with van der Waals surface area (Å²) in [4.78, 5) is 24.5. The molecule has 0 aromatic rings. The molecule has 0 aliphatic carbocycles. The monoisotopic (exact) mass is 820 g/mol. The molecule has 344 valence electrons. The van der Waals surface area contributed by atoms with E-state index in [2.05, 4.69) is 19.2 Å². The van der Waals surface area contributed by atoms with Gasteiger partial charge in [-0.3, -0.25) is 9.59 Å². The number of nitrogens with one attached hydrogen (secondary N) is 1. The second kappa shape index (κ2) is 48.3. The molecule has 1 amide bonds. The summed E-state index contributed by atoms with van der Waals surface area (Å²) in [6.07, 6.45) is 54.9. The molecule has 0 aliphatic heterocycles. The number of carbonyl (C=O) groups is 2. The van der Waals surface area contributed by atoms with Crippen molar-refractivity contribution >= 4 is 11.9 Å². The predicted octanol–water partition coefficient (Wildman–Crippen LogP) is 15.3. The van der Waals surface area contributed by atoms with Gasteiger partial charge in [-0.25, -0.2) is 0 Å². The first-order valence-electron chi connectivity index (χ1n) is 26.0. The van der Waals surface area contributed by atoms with E-state index >= 15 is 0 Å². The van der Waals surface area contributed by atoms with Crippen LogP contribution in [0.2, 0.25) is 0 Å². The van der Waals surface area contributed by atoms with E-state index in [0.29, 0.717) is 19.4 Å². The van der Waals surface area contributed by atoms with Crippen LogP contribution >= 0.6 is 0 Å². The largest absolute Gasteiger partial charge is 0.466 e. The van der Waals surface area contributed by atoms with Crippen LogP contribution in [0.4, 0.5) is 0 Å². The lowest BCUT2D eigenvalue weighted by molar-refractivity contribution is -0.143. The molecule has 0 saturated heterocycles. The topological polar surface area (TPSA) is 95.9 Å². The van der Waals surface area contributed by atoms with E-state index in [9.17, 15) is 19.8 Å². The van der Waals surface area contributed by atoms with Crippen molar-refractivity contribution in [1.29, 1.82) is 0 Å². The van der Waals surface area contributed by atoms with Gasteiger partial charge in [-0.2, -0.15) is 0 Å². The molecule has 0 bridgehead atoms. The normalized spacial score (nSPS) is 12.7. The van der Waals surface area contributed by atoms with Crippen molar-refractivity contribution in [3.05, 3.63) is 12.2 Å². The van der Waals surface area contributed by atoms with Gasteiger partial charge in [0.25, 0.3) is 0 Å².